The first-order valence-corrected chi connectivity index (χ1v) is 8.67. The molecule has 0 spiro atoms. The van der Waals surface area contributed by atoms with E-state index < -0.39 is 0 Å². The average Bonchev–Trinajstić information content (AvgIpc) is 3.18. The monoisotopic (exact) mass is 286 g/mol. The van der Waals surface area contributed by atoms with Gasteiger partial charge in [-0.25, -0.2) is 0 Å². The number of Topliss-reactive ketones (excluding diaryl/α,β-unsaturated/α-hetero) is 2. The molecule has 112 valence electrons. The molecule has 3 nitrogen and oxygen atoms in total. The van der Waals surface area contributed by atoms with Gasteiger partial charge in [0.1, 0.15) is 11.6 Å². The van der Waals surface area contributed by atoms with E-state index in [1.54, 1.807) is 0 Å². The summed E-state index contributed by atoms with van der Waals surface area (Å²) in [5.74, 6) is 1.58. The van der Waals surface area contributed by atoms with Crippen LogP contribution in [0.2, 0.25) is 0 Å². The summed E-state index contributed by atoms with van der Waals surface area (Å²) >= 11 is 0. The first-order valence-electron chi connectivity index (χ1n) is 8.67. The van der Waals surface area contributed by atoms with Gasteiger partial charge in [0.15, 0.2) is 0 Å². The van der Waals surface area contributed by atoms with Crippen molar-refractivity contribution in [3.05, 3.63) is 12.2 Å². The fourth-order valence-electron chi connectivity index (χ4n) is 6.06. The average molecular weight is 286 g/mol. The van der Waals surface area contributed by atoms with E-state index in [4.69, 9.17) is 4.74 Å². The summed E-state index contributed by atoms with van der Waals surface area (Å²) < 4.78 is 6.35. The number of carbonyl (C=O) groups excluding carboxylic acids is 2. The Morgan fingerprint density at radius 2 is 1.62 bits per heavy atom. The maximum Gasteiger partial charge on any atom is 0.147 e. The molecule has 5 rings (SSSR count). The van der Waals surface area contributed by atoms with E-state index in [-0.39, 0.29) is 35.7 Å². The molecule has 5 aliphatic rings. The summed E-state index contributed by atoms with van der Waals surface area (Å²) in [6.45, 7) is 0. The number of ether oxygens (including phenoxy) is 1. The fraction of sp³-hybridized carbons (Fsp3) is 0.778. The molecular weight excluding hydrogens is 264 g/mol. The Morgan fingerprint density at radius 1 is 0.905 bits per heavy atom. The van der Waals surface area contributed by atoms with Crippen LogP contribution in [0.3, 0.4) is 0 Å². The summed E-state index contributed by atoms with van der Waals surface area (Å²) in [6.07, 6.45) is 11.6. The zero-order valence-electron chi connectivity index (χ0n) is 12.2. The van der Waals surface area contributed by atoms with Crippen LogP contribution < -0.4 is 0 Å². The zero-order chi connectivity index (χ0) is 14.1. The topological polar surface area (TPSA) is 43.4 Å². The van der Waals surface area contributed by atoms with Gasteiger partial charge in [-0.15, -0.1) is 0 Å². The van der Waals surface area contributed by atoms with Crippen LogP contribution in [-0.2, 0) is 14.3 Å². The highest BCUT2D eigenvalue weighted by molar-refractivity contribution is 5.99. The number of fused-ring (bicyclic) bond motifs is 9. The second-order valence-electron chi connectivity index (χ2n) is 7.70. The lowest BCUT2D eigenvalue weighted by atomic mass is 9.72. The van der Waals surface area contributed by atoms with Crippen LogP contribution in [0.5, 0.6) is 0 Å². The minimum absolute atomic E-state index is 0.0193. The van der Waals surface area contributed by atoms with Gasteiger partial charge in [-0.05, 0) is 31.1 Å². The number of allylic oxidation sites excluding steroid dienone is 2. The number of hydrogen-bond donors (Lipinski definition) is 0. The Bertz CT molecular complexity index is 531. The second-order valence-corrected chi connectivity index (χ2v) is 7.70. The van der Waals surface area contributed by atoms with Crippen LogP contribution >= 0.6 is 0 Å². The standard InChI is InChI=1S/C18H22O3/c19-17-10-6-7-11(17)15-14(10)12-8-13(16(15)18(12)20)21-9-4-2-1-3-5-9/h6-7,9-16H,1-5,8H2. The van der Waals surface area contributed by atoms with Gasteiger partial charge in [-0.2, -0.15) is 0 Å². The van der Waals surface area contributed by atoms with Crippen LogP contribution in [0.1, 0.15) is 38.5 Å². The molecule has 0 N–H and O–H groups in total. The molecule has 0 radical (unpaired) electrons. The van der Waals surface area contributed by atoms with Crippen LogP contribution in [0.15, 0.2) is 12.2 Å². The van der Waals surface area contributed by atoms with E-state index in [2.05, 4.69) is 12.2 Å². The van der Waals surface area contributed by atoms with Gasteiger partial charge < -0.3 is 4.74 Å². The minimum atomic E-state index is 0.0193. The molecule has 7 atom stereocenters. The Kier molecular flexibility index (Phi) is 2.56. The lowest BCUT2D eigenvalue weighted by Gasteiger charge is -2.36. The van der Waals surface area contributed by atoms with Crippen molar-refractivity contribution >= 4 is 11.6 Å². The highest BCUT2D eigenvalue weighted by Crippen LogP contribution is 2.63. The second kappa shape index (κ2) is 4.28. The van der Waals surface area contributed by atoms with Crippen LogP contribution in [0.25, 0.3) is 0 Å². The van der Waals surface area contributed by atoms with E-state index in [9.17, 15) is 9.59 Å². The van der Waals surface area contributed by atoms with Crippen molar-refractivity contribution in [1.82, 2.24) is 0 Å². The van der Waals surface area contributed by atoms with Crippen molar-refractivity contribution in [3.8, 4) is 0 Å². The van der Waals surface area contributed by atoms with E-state index in [1.807, 2.05) is 0 Å². The van der Waals surface area contributed by atoms with Gasteiger partial charge in [0.2, 0.25) is 0 Å². The van der Waals surface area contributed by atoms with Crippen molar-refractivity contribution in [2.45, 2.75) is 50.7 Å². The molecule has 21 heavy (non-hydrogen) atoms. The van der Waals surface area contributed by atoms with Crippen LogP contribution in [0, 0.1) is 35.5 Å². The summed E-state index contributed by atoms with van der Waals surface area (Å²) in [4.78, 5) is 24.9. The molecule has 0 amide bonds. The van der Waals surface area contributed by atoms with E-state index in [1.165, 1.54) is 19.3 Å². The SMILES string of the molecule is O=C1C2C=CC1C1C3C(=O)C(CC3OC3CCCCC3)C21. The van der Waals surface area contributed by atoms with Gasteiger partial charge in [-0.3, -0.25) is 9.59 Å². The summed E-state index contributed by atoms with van der Waals surface area (Å²) in [7, 11) is 0. The highest BCUT2D eigenvalue weighted by Gasteiger charge is 2.68. The molecule has 5 aliphatic carbocycles. The lowest BCUT2D eigenvalue weighted by Crippen LogP contribution is -2.38. The normalized spacial score (nSPS) is 51.1. The molecule has 4 bridgehead atoms. The largest absolute Gasteiger partial charge is 0.374 e. The first kappa shape index (κ1) is 12.6. The van der Waals surface area contributed by atoms with Crippen molar-refractivity contribution in [3.63, 3.8) is 0 Å². The number of rotatable bonds is 2. The Balaban J connectivity index is 1.39. The number of ketones is 2. The third-order valence-corrected chi connectivity index (χ3v) is 6.84. The van der Waals surface area contributed by atoms with E-state index in [0.29, 0.717) is 23.6 Å². The minimum Gasteiger partial charge on any atom is -0.374 e. The molecule has 0 aromatic rings. The maximum atomic E-state index is 12.6. The van der Waals surface area contributed by atoms with Gasteiger partial charge >= 0.3 is 0 Å². The molecule has 0 aliphatic heterocycles. The van der Waals surface area contributed by atoms with E-state index in [0.717, 1.165) is 19.3 Å². The smallest absolute Gasteiger partial charge is 0.147 e. The van der Waals surface area contributed by atoms with E-state index >= 15 is 0 Å². The molecule has 0 saturated heterocycles. The predicted octanol–water partition coefficient (Wildman–Crippen LogP) is 2.54. The van der Waals surface area contributed by atoms with Crippen molar-refractivity contribution in [2.24, 2.45) is 35.5 Å². The first-order chi connectivity index (χ1) is 10.3. The Labute approximate surface area is 125 Å². The molecule has 0 aromatic heterocycles. The van der Waals surface area contributed by atoms with Crippen molar-refractivity contribution in [2.75, 3.05) is 0 Å². The van der Waals surface area contributed by atoms with Gasteiger partial charge in [-0.1, -0.05) is 31.4 Å². The third kappa shape index (κ3) is 1.53. The highest BCUT2D eigenvalue weighted by atomic mass is 16.5. The predicted molar refractivity (Wildman–Crippen MR) is 76.5 cm³/mol. The van der Waals surface area contributed by atoms with Crippen LogP contribution in [-0.4, -0.2) is 23.8 Å². The van der Waals surface area contributed by atoms with Gasteiger partial charge in [0.25, 0.3) is 0 Å². The van der Waals surface area contributed by atoms with Crippen molar-refractivity contribution < 1.29 is 14.3 Å². The third-order valence-electron chi connectivity index (χ3n) is 6.84. The zero-order valence-corrected chi connectivity index (χ0v) is 12.2. The maximum absolute atomic E-state index is 12.6. The molecule has 0 aromatic carbocycles. The summed E-state index contributed by atoms with van der Waals surface area (Å²) in [5, 5.41) is 0. The molecule has 3 heteroatoms. The molecule has 4 fully saturated rings. The Morgan fingerprint density at radius 3 is 2.38 bits per heavy atom. The molecule has 7 unspecified atom stereocenters. The number of carbonyl (C=O) groups is 2. The van der Waals surface area contributed by atoms with Gasteiger partial charge in [0.05, 0.1) is 12.2 Å². The van der Waals surface area contributed by atoms with Crippen LogP contribution in [0.4, 0.5) is 0 Å². The molecular formula is C18H22O3. The Hall–Kier alpha value is -0.960. The molecule has 4 saturated carbocycles. The summed E-state index contributed by atoms with van der Waals surface area (Å²) in [5.41, 5.74) is 0. The molecule has 0 heterocycles. The quantitative estimate of drug-likeness (QED) is 0.579. The fourth-order valence-corrected chi connectivity index (χ4v) is 6.06. The lowest BCUT2D eigenvalue weighted by molar-refractivity contribution is -0.127. The van der Waals surface area contributed by atoms with Crippen molar-refractivity contribution in [1.29, 1.82) is 0 Å². The summed E-state index contributed by atoms with van der Waals surface area (Å²) in [6, 6.07) is 0. The number of hydrogen-bond acceptors (Lipinski definition) is 3. The van der Waals surface area contributed by atoms with Gasteiger partial charge in [0, 0.05) is 23.7 Å².